The molecule has 0 aliphatic carbocycles. The van der Waals surface area contributed by atoms with E-state index in [4.69, 9.17) is 4.74 Å². The molecule has 0 aromatic rings. The van der Waals surface area contributed by atoms with Crippen LogP contribution >= 0.6 is 0 Å². The molecule has 1 aliphatic heterocycles. The lowest BCUT2D eigenvalue weighted by Crippen LogP contribution is -2.46. The first kappa shape index (κ1) is 18.4. The van der Waals surface area contributed by atoms with Gasteiger partial charge in [0.1, 0.15) is 0 Å². The van der Waals surface area contributed by atoms with Crippen molar-refractivity contribution in [3.05, 3.63) is 0 Å². The normalized spacial score (nSPS) is 18.0. The van der Waals surface area contributed by atoms with E-state index in [-0.39, 0.29) is 11.9 Å². The van der Waals surface area contributed by atoms with Crippen LogP contribution in [-0.2, 0) is 9.53 Å². The number of likely N-dealkylation sites (tertiary alicyclic amines) is 1. The number of aliphatic hydroxyl groups excluding tert-OH is 1. The highest BCUT2D eigenvalue weighted by Crippen LogP contribution is 2.08. The molecule has 1 saturated heterocycles. The molecule has 2 N–H and O–H groups in total. The summed E-state index contributed by atoms with van der Waals surface area (Å²) in [7, 11) is 0. The minimum Gasteiger partial charge on any atom is -0.389 e. The molecule has 21 heavy (non-hydrogen) atoms. The fraction of sp³-hybridized carbons (Fsp3) is 0.938. The van der Waals surface area contributed by atoms with E-state index in [2.05, 4.69) is 12.2 Å². The zero-order chi connectivity index (χ0) is 15.5. The van der Waals surface area contributed by atoms with Gasteiger partial charge in [-0.2, -0.15) is 0 Å². The second kappa shape index (κ2) is 11.0. The zero-order valence-electron chi connectivity index (χ0n) is 13.6. The van der Waals surface area contributed by atoms with Gasteiger partial charge in [0, 0.05) is 26.2 Å². The Balaban J connectivity index is 2.03. The molecule has 2 atom stereocenters. The average molecular weight is 300 g/mol. The molecule has 0 aromatic heterocycles. The topological polar surface area (TPSA) is 61.8 Å². The first-order valence-corrected chi connectivity index (χ1v) is 8.43. The predicted molar refractivity (Wildman–Crippen MR) is 84.2 cm³/mol. The van der Waals surface area contributed by atoms with E-state index in [1.165, 1.54) is 19.3 Å². The van der Waals surface area contributed by atoms with Crippen molar-refractivity contribution in [3.8, 4) is 0 Å². The van der Waals surface area contributed by atoms with Crippen LogP contribution in [0.25, 0.3) is 0 Å². The van der Waals surface area contributed by atoms with E-state index in [9.17, 15) is 9.90 Å². The first-order valence-electron chi connectivity index (χ1n) is 8.43. The largest absolute Gasteiger partial charge is 0.389 e. The summed E-state index contributed by atoms with van der Waals surface area (Å²) in [4.78, 5) is 14.0. The van der Waals surface area contributed by atoms with Gasteiger partial charge in [-0.1, -0.05) is 26.2 Å². The van der Waals surface area contributed by atoms with E-state index in [1.807, 2.05) is 11.8 Å². The molecule has 0 radical (unpaired) electrons. The van der Waals surface area contributed by atoms with Gasteiger partial charge in [0.15, 0.2) is 0 Å². The second-order valence-corrected chi connectivity index (χ2v) is 5.95. The Morgan fingerprint density at radius 3 is 2.67 bits per heavy atom. The highest BCUT2D eigenvalue weighted by Gasteiger charge is 2.23. The van der Waals surface area contributed by atoms with Crippen LogP contribution in [0.3, 0.4) is 0 Å². The van der Waals surface area contributed by atoms with Crippen molar-refractivity contribution in [2.24, 2.45) is 0 Å². The standard InChI is InChI=1S/C16H32N2O3/c1-3-4-5-8-11-21-13-15(19)12-17-14(2)16(20)18-9-6-7-10-18/h14-15,17,19H,3-13H2,1-2H3. The summed E-state index contributed by atoms with van der Waals surface area (Å²) < 4.78 is 5.45. The molecule has 1 heterocycles. The second-order valence-electron chi connectivity index (χ2n) is 5.95. The minimum absolute atomic E-state index is 0.139. The Labute approximate surface area is 129 Å². The molecule has 1 amide bonds. The van der Waals surface area contributed by atoms with Gasteiger partial charge in [-0.3, -0.25) is 4.79 Å². The monoisotopic (exact) mass is 300 g/mol. The number of unbranched alkanes of at least 4 members (excludes halogenated alkanes) is 3. The van der Waals surface area contributed by atoms with Crippen LogP contribution < -0.4 is 5.32 Å². The molecule has 124 valence electrons. The van der Waals surface area contributed by atoms with Crippen molar-refractivity contribution in [2.75, 3.05) is 32.8 Å². The number of rotatable bonds is 11. The van der Waals surface area contributed by atoms with Gasteiger partial charge in [0.05, 0.1) is 18.8 Å². The van der Waals surface area contributed by atoms with Gasteiger partial charge in [0.2, 0.25) is 5.91 Å². The van der Waals surface area contributed by atoms with Crippen LogP contribution in [0.4, 0.5) is 0 Å². The van der Waals surface area contributed by atoms with Gasteiger partial charge >= 0.3 is 0 Å². The summed E-state index contributed by atoms with van der Waals surface area (Å²) in [5.74, 6) is 0.139. The number of carbonyl (C=O) groups excluding carboxylic acids is 1. The number of amides is 1. The van der Waals surface area contributed by atoms with Crippen LogP contribution in [0.2, 0.25) is 0 Å². The Kier molecular flexibility index (Phi) is 9.63. The molecule has 2 unspecified atom stereocenters. The number of hydrogen-bond donors (Lipinski definition) is 2. The van der Waals surface area contributed by atoms with Crippen molar-refractivity contribution in [3.63, 3.8) is 0 Å². The summed E-state index contributed by atoms with van der Waals surface area (Å²) in [6, 6.07) is -0.234. The van der Waals surface area contributed by atoms with Crippen LogP contribution in [0.1, 0.15) is 52.4 Å². The Morgan fingerprint density at radius 1 is 1.29 bits per heavy atom. The lowest BCUT2D eigenvalue weighted by atomic mass is 10.2. The van der Waals surface area contributed by atoms with E-state index >= 15 is 0 Å². The Morgan fingerprint density at radius 2 is 2.00 bits per heavy atom. The van der Waals surface area contributed by atoms with Crippen molar-refractivity contribution >= 4 is 5.91 Å². The predicted octanol–water partition coefficient (Wildman–Crippen LogP) is 1.54. The zero-order valence-corrected chi connectivity index (χ0v) is 13.6. The molecule has 1 fully saturated rings. The molecule has 0 aromatic carbocycles. The molecule has 1 aliphatic rings. The molecular formula is C16H32N2O3. The van der Waals surface area contributed by atoms with Crippen molar-refractivity contribution < 1.29 is 14.6 Å². The molecule has 0 bridgehead atoms. The van der Waals surface area contributed by atoms with E-state index < -0.39 is 6.10 Å². The molecule has 5 heteroatoms. The Bertz CT molecular complexity index is 281. The van der Waals surface area contributed by atoms with Crippen molar-refractivity contribution in [2.45, 2.75) is 64.5 Å². The van der Waals surface area contributed by atoms with E-state index in [0.29, 0.717) is 19.8 Å². The SMILES string of the molecule is CCCCCCOCC(O)CNC(C)C(=O)N1CCCC1. The number of ether oxygens (including phenoxy) is 1. The van der Waals surface area contributed by atoms with Gasteiger partial charge in [-0.05, 0) is 26.2 Å². The molecule has 5 nitrogen and oxygen atoms in total. The third-order valence-corrected chi connectivity index (χ3v) is 3.90. The van der Waals surface area contributed by atoms with E-state index in [0.717, 1.165) is 32.4 Å². The van der Waals surface area contributed by atoms with E-state index in [1.54, 1.807) is 0 Å². The molecule has 1 rings (SSSR count). The molecular weight excluding hydrogens is 268 g/mol. The fourth-order valence-electron chi connectivity index (χ4n) is 2.52. The van der Waals surface area contributed by atoms with Crippen LogP contribution in [0, 0.1) is 0 Å². The average Bonchev–Trinajstić information content (AvgIpc) is 3.01. The van der Waals surface area contributed by atoms with Crippen molar-refractivity contribution in [1.29, 1.82) is 0 Å². The first-order chi connectivity index (χ1) is 10.1. The van der Waals surface area contributed by atoms with Crippen LogP contribution in [-0.4, -0.2) is 60.9 Å². The highest BCUT2D eigenvalue weighted by molar-refractivity contribution is 5.81. The molecule has 0 spiro atoms. The van der Waals surface area contributed by atoms with Crippen LogP contribution in [0.5, 0.6) is 0 Å². The summed E-state index contributed by atoms with van der Waals surface area (Å²) >= 11 is 0. The minimum atomic E-state index is -0.551. The number of nitrogens with zero attached hydrogens (tertiary/aromatic N) is 1. The Hall–Kier alpha value is -0.650. The maximum absolute atomic E-state index is 12.1. The summed E-state index contributed by atoms with van der Waals surface area (Å²) in [6.45, 7) is 7.22. The third kappa shape index (κ3) is 7.79. The number of aliphatic hydroxyl groups is 1. The number of carbonyl (C=O) groups is 1. The third-order valence-electron chi connectivity index (χ3n) is 3.90. The summed E-state index contributed by atoms with van der Waals surface area (Å²) in [5.41, 5.74) is 0. The maximum Gasteiger partial charge on any atom is 0.239 e. The number of nitrogens with one attached hydrogen (secondary N) is 1. The van der Waals surface area contributed by atoms with Crippen LogP contribution in [0.15, 0.2) is 0 Å². The van der Waals surface area contributed by atoms with Gasteiger partial charge in [-0.15, -0.1) is 0 Å². The lowest BCUT2D eigenvalue weighted by Gasteiger charge is -2.22. The van der Waals surface area contributed by atoms with Gasteiger partial charge in [-0.25, -0.2) is 0 Å². The molecule has 0 saturated carbocycles. The maximum atomic E-state index is 12.1. The van der Waals surface area contributed by atoms with Gasteiger partial charge < -0.3 is 20.1 Å². The summed E-state index contributed by atoms with van der Waals surface area (Å²) in [6.07, 6.45) is 6.35. The fourth-order valence-corrected chi connectivity index (χ4v) is 2.52. The number of hydrogen-bond acceptors (Lipinski definition) is 4. The lowest BCUT2D eigenvalue weighted by molar-refractivity contribution is -0.132. The smallest absolute Gasteiger partial charge is 0.239 e. The summed E-state index contributed by atoms with van der Waals surface area (Å²) in [5, 5.41) is 12.9. The quantitative estimate of drug-likeness (QED) is 0.568. The highest BCUT2D eigenvalue weighted by atomic mass is 16.5. The van der Waals surface area contributed by atoms with Crippen molar-refractivity contribution in [1.82, 2.24) is 10.2 Å². The van der Waals surface area contributed by atoms with Gasteiger partial charge in [0.25, 0.3) is 0 Å².